The lowest BCUT2D eigenvalue weighted by molar-refractivity contribution is -0.156. The Morgan fingerprint density at radius 2 is 2.06 bits per heavy atom. The van der Waals surface area contributed by atoms with Crippen molar-refractivity contribution < 1.29 is 24.2 Å². The number of carbonyl (C=O) groups is 2. The maximum atomic E-state index is 11.3. The fourth-order valence-electron chi connectivity index (χ4n) is 1.06. The van der Waals surface area contributed by atoms with Crippen molar-refractivity contribution in [3.8, 4) is 0 Å². The zero-order chi connectivity index (χ0) is 13.3. The van der Waals surface area contributed by atoms with E-state index in [-0.39, 0.29) is 6.61 Å². The third kappa shape index (κ3) is 5.53. The normalized spacial score (nSPS) is 13.6. The summed E-state index contributed by atoms with van der Waals surface area (Å²) in [5, 5.41) is 11.6. The molecule has 0 aliphatic carbocycles. The van der Waals surface area contributed by atoms with Gasteiger partial charge in [0.25, 0.3) is 0 Å². The highest BCUT2D eigenvalue weighted by atomic mass is 16.6. The number of hydrogen-bond donors (Lipinski definition) is 2. The third-order valence-electron chi connectivity index (χ3n) is 2.35. The van der Waals surface area contributed by atoms with Gasteiger partial charge in [0.05, 0.1) is 13.7 Å². The number of aliphatic hydroxyl groups is 1. The first-order valence-corrected chi connectivity index (χ1v) is 5.60. The number of hydrogen-bond acceptors (Lipinski definition) is 5. The van der Waals surface area contributed by atoms with Crippen LogP contribution in [0, 0.1) is 5.41 Å². The van der Waals surface area contributed by atoms with Crippen LogP contribution in [-0.4, -0.2) is 44.0 Å². The zero-order valence-corrected chi connectivity index (χ0v) is 10.6. The van der Waals surface area contributed by atoms with E-state index in [0.29, 0.717) is 6.54 Å². The predicted molar refractivity (Wildman–Crippen MR) is 61.5 cm³/mol. The van der Waals surface area contributed by atoms with E-state index in [1.165, 1.54) is 14.0 Å². The second-order valence-electron chi connectivity index (χ2n) is 4.07. The first-order chi connectivity index (χ1) is 8.00. The van der Waals surface area contributed by atoms with Crippen molar-refractivity contribution >= 4 is 12.1 Å². The van der Waals surface area contributed by atoms with E-state index < -0.39 is 24.1 Å². The van der Waals surface area contributed by atoms with E-state index in [1.54, 1.807) is 0 Å². The van der Waals surface area contributed by atoms with Crippen LogP contribution in [-0.2, 0) is 14.3 Å². The van der Waals surface area contributed by atoms with E-state index in [4.69, 9.17) is 9.84 Å². The summed E-state index contributed by atoms with van der Waals surface area (Å²) in [6.07, 6.45) is 1.24. The van der Waals surface area contributed by atoms with Crippen molar-refractivity contribution in [3.05, 3.63) is 0 Å². The van der Waals surface area contributed by atoms with E-state index in [9.17, 15) is 9.59 Å². The number of rotatable bonds is 7. The Kier molecular flexibility index (Phi) is 7.29. The molecule has 6 heteroatoms. The molecule has 0 aliphatic heterocycles. The molecular formula is C11H21NO5. The number of ether oxygens (including phenoxy) is 2. The average molecular weight is 247 g/mol. The van der Waals surface area contributed by atoms with Gasteiger partial charge in [-0.3, -0.25) is 4.79 Å². The standard InChI is InChI=1S/C11H21NO5/c1-4-5-6-12-10(15)17-8-11(2,7-13)9(14)16-3/h13H,4-8H2,1-3H3,(H,12,15). The molecule has 0 fully saturated rings. The lowest BCUT2D eigenvalue weighted by Crippen LogP contribution is -2.39. The number of carbonyl (C=O) groups excluding carboxylic acids is 2. The molecule has 0 aliphatic rings. The SMILES string of the molecule is CCCCNC(=O)OCC(C)(CO)C(=O)OC. The average Bonchev–Trinajstić information content (AvgIpc) is 2.35. The van der Waals surface area contributed by atoms with E-state index in [1.807, 2.05) is 6.92 Å². The minimum absolute atomic E-state index is 0.214. The minimum Gasteiger partial charge on any atom is -0.468 e. The second kappa shape index (κ2) is 7.89. The van der Waals surface area contributed by atoms with Gasteiger partial charge in [-0.2, -0.15) is 0 Å². The first-order valence-electron chi connectivity index (χ1n) is 5.60. The van der Waals surface area contributed by atoms with Crippen LogP contribution in [0.1, 0.15) is 26.7 Å². The van der Waals surface area contributed by atoms with Crippen molar-refractivity contribution in [2.24, 2.45) is 5.41 Å². The van der Waals surface area contributed by atoms with Crippen LogP contribution in [0.2, 0.25) is 0 Å². The molecule has 0 aromatic rings. The molecule has 1 unspecified atom stereocenters. The number of methoxy groups -OCH3 is 1. The summed E-state index contributed by atoms with van der Waals surface area (Å²) in [7, 11) is 1.22. The largest absolute Gasteiger partial charge is 0.468 e. The van der Waals surface area contributed by atoms with Gasteiger partial charge in [0, 0.05) is 6.54 Å². The summed E-state index contributed by atoms with van der Waals surface area (Å²) in [6.45, 7) is 3.35. The van der Waals surface area contributed by atoms with Crippen LogP contribution in [0.25, 0.3) is 0 Å². The predicted octanol–water partition coefficient (Wildman–Crippen LogP) is 0.684. The third-order valence-corrected chi connectivity index (χ3v) is 2.35. The minimum atomic E-state index is -1.21. The highest BCUT2D eigenvalue weighted by Crippen LogP contribution is 2.17. The maximum absolute atomic E-state index is 11.3. The summed E-state index contributed by atoms with van der Waals surface area (Å²) in [5.74, 6) is -0.610. The second-order valence-corrected chi connectivity index (χ2v) is 4.07. The molecule has 1 atom stereocenters. The van der Waals surface area contributed by atoms with Crippen molar-refractivity contribution in [1.29, 1.82) is 0 Å². The molecule has 0 saturated carbocycles. The Labute approximate surface area is 101 Å². The summed E-state index contributed by atoms with van der Waals surface area (Å²) in [6, 6.07) is 0. The molecule has 0 bridgehead atoms. The lowest BCUT2D eigenvalue weighted by Gasteiger charge is -2.23. The lowest BCUT2D eigenvalue weighted by atomic mass is 9.93. The monoisotopic (exact) mass is 247 g/mol. The molecule has 0 rings (SSSR count). The Morgan fingerprint density at radius 3 is 2.53 bits per heavy atom. The van der Waals surface area contributed by atoms with Crippen LogP contribution in [0.5, 0.6) is 0 Å². The van der Waals surface area contributed by atoms with Gasteiger partial charge in [0.2, 0.25) is 0 Å². The molecular weight excluding hydrogens is 226 g/mol. The quantitative estimate of drug-likeness (QED) is 0.510. The number of unbranched alkanes of at least 4 members (excludes halogenated alkanes) is 1. The molecule has 0 aromatic heterocycles. The van der Waals surface area contributed by atoms with Gasteiger partial charge in [-0.15, -0.1) is 0 Å². The Morgan fingerprint density at radius 1 is 1.41 bits per heavy atom. The number of nitrogens with one attached hydrogen (secondary N) is 1. The van der Waals surface area contributed by atoms with Crippen molar-refractivity contribution in [3.63, 3.8) is 0 Å². The maximum Gasteiger partial charge on any atom is 0.407 e. The van der Waals surface area contributed by atoms with E-state index >= 15 is 0 Å². The van der Waals surface area contributed by atoms with Gasteiger partial charge < -0.3 is 19.9 Å². The molecule has 0 radical (unpaired) electrons. The van der Waals surface area contributed by atoms with E-state index in [0.717, 1.165) is 12.8 Å². The zero-order valence-electron chi connectivity index (χ0n) is 10.6. The molecule has 0 heterocycles. The molecule has 0 aromatic carbocycles. The summed E-state index contributed by atoms with van der Waals surface area (Å²) < 4.78 is 9.38. The van der Waals surface area contributed by atoms with Gasteiger partial charge >= 0.3 is 12.1 Å². The van der Waals surface area contributed by atoms with Gasteiger partial charge in [0.1, 0.15) is 12.0 Å². The molecule has 100 valence electrons. The molecule has 0 saturated heterocycles. The molecule has 0 spiro atoms. The van der Waals surface area contributed by atoms with Crippen molar-refractivity contribution in [2.75, 3.05) is 26.9 Å². The summed E-state index contributed by atoms with van der Waals surface area (Å²) >= 11 is 0. The van der Waals surface area contributed by atoms with Gasteiger partial charge in [0.15, 0.2) is 0 Å². The highest BCUT2D eigenvalue weighted by Gasteiger charge is 2.35. The van der Waals surface area contributed by atoms with E-state index in [2.05, 4.69) is 10.1 Å². The van der Waals surface area contributed by atoms with Crippen LogP contribution < -0.4 is 5.32 Å². The summed E-state index contributed by atoms with van der Waals surface area (Å²) in [4.78, 5) is 22.6. The molecule has 1 amide bonds. The van der Waals surface area contributed by atoms with Gasteiger partial charge in [-0.25, -0.2) is 4.79 Å². The Balaban J connectivity index is 4.06. The number of aliphatic hydroxyl groups excluding tert-OH is 1. The smallest absolute Gasteiger partial charge is 0.407 e. The van der Waals surface area contributed by atoms with Gasteiger partial charge in [-0.1, -0.05) is 13.3 Å². The van der Waals surface area contributed by atoms with Crippen molar-refractivity contribution in [1.82, 2.24) is 5.32 Å². The topological polar surface area (TPSA) is 84.9 Å². The molecule has 2 N–H and O–H groups in total. The molecule has 6 nitrogen and oxygen atoms in total. The number of alkyl carbamates (subject to hydrolysis) is 1. The highest BCUT2D eigenvalue weighted by molar-refractivity contribution is 5.77. The number of esters is 1. The Hall–Kier alpha value is -1.30. The van der Waals surface area contributed by atoms with Crippen molar-refractivity contribution in [2.45, 2.75) is 26.7 Å². The van der Waals surface area contributed by atoms with Crippen LogP contribution in [0.4, 0.5) is 4.79 Å². The fraction of sp³-hybridized carbons (Fsp3) is 0.818. The van der Waals surface area contributed by atoms with Gasteiger partial charge in [-0.05, 0) is 13.3 Å². The van der Waals surface area contributed by atoms with Crippen LogP contribution >= 0.6 is 0 Å². The van der Waals surface area contributed by atoms with Crippen LogP contribution in [0.15, 0.2) is 0 Å². The number of amides is 1. The fourth-order valence-corrected chi connectivity index (χ4v) is 1.06. The van der Waals surface area contributed by atoms with Crippen LogP contribution in [0.3, 0.4) is 0 Å². The first kappa shape index (κ1) is 15.7. The molecule has 17 heavy (non-hydrogen) atoms. The Bertz CT molecular complexity index is 256. The summed E-state index contributed by atoms with van der Waals surface area (Å²) in [5.41, 5.74) is -1.21.